The van der Waals surface area contributed by atoms with Crippen molar-refractivity contribution in [3.8, 4) is 5.75 Å². The van der Waals surface area contributed by atoms with Gasteiger partial charge in [0.05, 0.1) is 18.8 Å². The van der Waals surface area contributed by atoms with E-state index in [2.05, 4.69) is 27.9 Å². The molecule has 0 spiro atoms. The molecule has 0 aliphatic heterocycles. The summed E-state index contributed by atoms with van der Waals surface area (Å²) < 4.78 is 7.56. The maximum Gasteiger partial charge on any atom is 0.176 e. The van der Waals surface area contributed by atoms with E-state index in [1.165, 1.54) is 5.56 Å². The van der Waals surface area contributed by atoms with E-state index in [0.29, 0.717) is 17.5 Å². The summed E-state index contributed by atoms with van der Waals surface area (Å²) in [4.78, 5) is 0. The molecule has 2 aromatic carbocycles. The average molecular weight is 366 g/mol. The third kappa shape index (κ3) is 4.61. The molecule has 0 saturated heterocycles. The molecule has 0 unspecified atom stereocenters. The van der Waals surface area contributed by atoms with Crippen LogP contribution in [0.2, 0.25) is 0 Å². The second kappa shape index (κ2) is 8.49. The van der Waals surface area contributed by atoms with Gasteiger partial charge in [0.25, 0.3) is 0 Å². The van der Waals surface area contributed by atoms with Crippen molar-refractivity contribution < 1.29 is 4.74 Å². The lowest BCUT2D eigenvalue weighted by Gasteiger charge is -2.13. The predicted molar refractivity (Wildman–Crippen MR) is 110 cm³/mol. The van der Waals surface area contributed by atoms with Gasteiger partial charge in [0.15, 0.2) is 10.9 Å². The zero-order valence-electron chi connectivity index (χ0n) is 14.9. The van der Waals surface area contributed by atoms with Crippen molar-refractivity contribution in [2.45, 2.75) is 20.4 Å². The first kappa shape index (κ1) is 17.9. The quantitative estimate of drug-likeness (QED) is 0.631. The largest absolute Gasteiger partial charge is 0.492 e. The number of nitrogens with one attached hydrogen (secondary N) is 2. The number of aryl methyl sites for hydroxylation is 1. The van der Waals surface area contributed by atoms with E-state index >= 15 is 0 Å². The minimum absolute atomic E-state index is 0.474. The minimum Gasteiger partial charge on any atom is -0.492 e. The molecule has 2 N–H and O–H groups in total. The highest BCUT2D eigenvalue weighted by Gasteiger charge is 2.08. The van der Waals surface area contributed by atoms with Crippen molar-refractivity contribution in [1.82, 2.24) is 9.78 Å². The molecule has 0 fully saturated rings. The fourth-order valence-electron chi connectivity index (χ4n) is 2.61. The zero-order chi connectivity index (χ0) is 18.4. The number of para-hydroxylation sites is 2. The Morgan fingerprint density at radius 3 is 2.58 bits per heavy atom. The molecule has 5 nitrogen and oxygen atoms in total. The van der Waals surface area contributed by atoms with E-state index in [1.807, 2.05) is 67.1 Å². The molecular weight excluding hydrogens is 344 g/mol. The van der Waals surface area contributed by atoms with E-state index in [4.69, 9.17) is 17.0 Å². The highest BCUT2D eigenvalue weighted by Crippen LogP contribution is 2.24. The molecule has 0 aliphatic rings. The third-order valence-corrected chi connectivity index (χ3v) is 4.04. The lowest BCUT2D eigenvalue weighted by Crippen LogP contribution is -2.20. The number of hydrogen-bond donors (Lipinski definition) is 2. The van der Waals surface area contributed by atoms with Crippen LogP contribution in [0.1, 0.15) is 18.2 Å². The number of hydrogen-bond acceptors (Lipinski definition) is 3. The van der Waals surface area contributed by atoms with Crippen LogP contribution in [0.5, 0.6) is 5.75 Å². The Balaban J connectivity index is 1.66. The Morgan fingerprint density at radius 2 is 1.81 bits per heavy atom. The molecule has 134 valence electrons. The molecule has 0 atom stereocenters. The first-order chi connectivity index (χ1) is 12.7. The van der Waals surface area contributed by atoms with Gasteiger partial charge in [-0.2, -0.15) is 5.10 Å². The second-order valence-corrected chi connectivity index (χ2v) is 6.23. The molecule has 0 bridgehead atoms. The van der Waals surface area contributed by atoms with Crippen LogP contribution in [-0.4, -0.2) is 21.5 Å². The average Bonchev–Trinajstić information content (AvgIpc) is 2.96. The molecule has 0 aliphatic carbocycles. The summed E-state index contributed by atoms with van der Waals surface area (Å²) in [6, 6.07) is 19.9. The number of ether oxygens (including phenoxy) is 1. The summed E-state index contributed by atoms with van der Waals surface area (Å²) >= 11 is 5.42. The predicted octanol–water partition coefficient (Wildman–Crippen LogP) is 4.45. The van der Waals surface area contributed by atoms with Crippen molar-refractivity contribution >= 4 is 28.8 Å². The Bertz CT molecular complexity index is 877. The Morgan fingerprint density at radius 1 is 1.08 bits per heavy atom. The van der Waals surface area contributed by atoms with Crippen LogP contribution in [-0.2, 0) is 6.54 Å². The molecule has 26 heavy (non-hydrogen) atoms. The summed E-state index contributed by atoms with van der Waals surface area (Å²) in [7, 11) is 0. The molecule has 1 aromatic heterocycles. The normalized spacial score (nSPS) is 10.4. The summed E-state index contributed by atoms with van der Waals surface area (Å²) in [6.45, 7) is 5.31. The first-order valence-electron chi connectivity index (χ1n) is 8.54. The van der Waals surface area contributed by atoms with Gasteiger partial charge in [-0.15, -0.1) is 0 Å². The monoisotopic (exact) mass is 366 g/mol. The highest BCUT2D eigenvalue weighted by atomic mass is 32.1. The molecular formula is C20H22N4OS. The van der Waals surface area contributed by atoms with Crippen molar-refractivity contribution in [3.63, 3.8) is 0 Å². The van der Waals surface area contributed by atoms with Crippen LogP contribution >= 0.6 is 12.2 Å². The molecule has 6 heteroatoms. The SMILES string of the molecule is CCOc1ccccc1NC(=S)Nc1cc(C)n(Cc2ccccc2)n1. The van der Waals surface area contributed by atoms with E-state index < -0.39 is 0 Å². The molecule has 0 amide bonds. The molecule has 3 aromatic rings. The topological polar surface area (TPSA) is 51.1 Å². The van der Waals surface area contributed by atoms with Crippen molar-refractivity contribution in [3.05, 3.63) is 71.9 Å². The third-order valence-electron chi connectivity index (χ3n) is 3.83. The maximum atomic E-state index is 5.61. The summed E-state index contributed by atoms with van der Waals surface area (Å²) in [5, 5.41) is 11.4. The molecule has 3 rings (SSSR count). The van der Waals surface area contributed by atoms with Gasteiger partial charge < -0.3 is 15.4 Å². The lowest BCUT2D eigenvalue weighted by molar-refractivity contribution is 0.342. The van der Waals surface area contributed by atoms with Crippen molar-refractivity contribution in [2.75, 3.05) is 17.2 Å². The number of aromatic nitrogens is 2. The van der Waals surface area contributed by atoms with Gasteiger partial charge in [0.1, 0.15) is 5.75 Å². The number of rotatable bonds is 6. The number of anilines is 2. The van der Waals surface area contributed by atoms with Crippen LogP contribution in [0.3, 0.4) is 0 Å². The van der Waals surface area contributed by atoms with Gasteiger partial charge in [-0.3, -0.25) is 4.68 Å². The Kier molecular flexibility index (Phi) is 5.86. The smallest absolute Gasteiger partial charge is 0.176 e. The van der Waals surface area contributed by atoms with Crippen LogP contribution in [0.4, 0.5) is 11.5 Å². The van der Waals surface area contributed by atoms with Crippen LogP contribution in [0.15, 0.2) is 60.7 Å². The molecule has 0 saturated carbocycles. The van der Waals surface area contributed by atoms with E-state index in [0.717, 1.165) is 23.7 Å². The van der Waals surface area contributed by atoms with Crippen molar-refractivity contribution in [2.24, 2.45) is 0 Å². The van der Waals surface area contributed by atoms with Crippen LogP contribution < -0.4 is 15.4 Å². The molecule has 1 heterocycles. The van der Waals surface area contributed by atoms with Gasteiger partial charge in [0, 0.05) is 11.8 Å². The fourth-order valence-corrected chi connectivity index (χ4v) is 2.82. The zero-order valence-corrected chi connectivity index (χ0v) is 15.7. The maximum absolute atomic E-state index is 5.61. The highest BCUT2D eigenvalue weighted by molar-refractivity contribution is 7.80. The standard InChI is InChI=1S/C20H22N4OS/c1-3-25-18-12-8-7-11-17(18)21-20(26)22-19-13-15(2)24(23-19)14-16-9-5-4-6-10-16/h4-13H,3,14H2,1-2H3,(H2,21,22,23,26). The van der Waals surface area contributed by atoms with Gasteiger partial charge in [0.2, 0.25) is 0 Å². The Labute approximate surface area is 159 Å². The summed E-state index contributed by atoms with van der Waals surface area (Å²) in [6.07, 6.45) is 0. The van der Waals surface area contributed by atoms with Crippen LogP contribution in [0.25, 0.3) is 0 Å². The summed E-state index contributed by atoms with van der Waals surface area (Å²) in [5.74, 6) is 1.48. The fraction of sp³-hybridized carbons (Fsp3) is 0.200. The minimum atomic E-state index is 0.474. The first-order valence-corrected chi connectivity index (χ1v) is 8.94. The van der Waals surface area contributed by atoms with E-state index in [-0.39, 0.29) is 0 Å². The second-order valence-electron chi connectivity index (χ2n) is 5.82. The summed E-state index contributed by atoms with van der Waals surface area (Å²) in [5.41, 5.74) is 3.10. The van der Waals surface area contributed by atoms with Crippen LogP contribution in [0, 0.1) is 6.92 Å². The molecule has 0 radical (unpaired) electrons. The lowest BCUT2D eigenvalue weighted by atomic mass is 10.2. The number of nitrogens with zero attached hydrogens (tertiary/aromatic N) is 2. The van der Waals surface area contributed by atoms with Gasteiger partial charge in [-0.05, 0) is 43.8 Å². The van der Waals surface area contributed by atoms with Gasteiger partial charge >= 0.3 is 0 Å². The van der Waals surface area contributed by atoms with E-state index in [9.17, 15) is 0 Å². The van der Waals surface area contributed by atoms with Crippen molar-refractivity contribution in [1.29, 1.82) is 0 Å². The van der Waals surface area contributed by atoms with E-state index in [1.54, 1.807) is 0 Å². The number of thiocarbonyl (C=S) groups is 1. The van der Waals surface area contributed by atoms with Gasteiger partial charge in [-0.1, -0.05) is 42.5 Å². The van der Waals surface area contributed by atoms with Gasteiger partial charge in [-0.25, -0.2) is 0 Å². The Hall–Kier alpha value is -2.86. The number of benzene rings is 2.